The first kappa shape index (κ1) is 10.9. The highest BCUT2D eigenvalue weighted by atomic mass is 32.2. The molecule has 0 radical (unpaired) electrons. The van der Waals surface area contributed by atoms with Gasteiger partial charge in [-0.3, -0.25) is 0 Å². The minimum absolute atomic E-state index is 0.619. The number of para-hydroxylation sites is 1. The number of thioether (sulfide) groups is 1. The largest absolute Gasteiger partial charge is 0.362 e. The zero-order valence-corrected chi connectivity index (χ0v) is 10.4. The third-order valence-corrected chi connectivity index (χ3v) is 3.93. The topological polar surface area (TPSA) is 3.24 Å². The molecule has 1 aliphatic rings. The fourth-order valence-corrected chi connectivity index (χ4v) is 3.00. The van der Waals surface area contributed by atoms with E-state index in [2.05, 4.69) is 43.0 Å². The Morgan fingerprint density at radius 2 is 2.07 bits per heavy atom. The average molecular weight is 221 g/mol. The van der Waals surface area contributed by atoms with Crippen LogP contribution in [0.1, 0.15) is 31.7 Å². The first-order valence-corrected chi connectivity index (χ1v) is 6.86. The van der Waals surface area contributed by atoms with Gasteiger partial charge in [0.25, 0.3) is 0 Å². The summed E-state index contributed by atoms with van der Waals surface area (Å²) in [5.74, 6) is 3.09. The van der Waals surface area contributed by atoms with Crippen molar-refractivity contribution in [3.63, 3.8) is 0 Å². The molecule has 0 saturated carbocycles. The van der Waals surface area contributed by atoms with E-state index < -0.39 is 0 Å². The molecule has 1 saturated heterocycles. The van der Waals surface area contributed by atoms with Gasteiger partial charge in [0.1, 0.15) is 0 Å². The molecule has 0 unspecified atom stereocenters. The van der Waals surface area contributed by atoms with Crippen LogP contribution in [0, 0.1) is 0 Å². The lowest BCUT2D eigenvalue weighted by atomic mass is 10.0. The summed E-state index contributed by atoms with van der Waals surface area (Å²) >= 11 is 2.04. The molecule has 0 aromatic heterocycles. The molecule has 82 valence electrons. The average Bonchev–Trinajstić information content (AvgIpc) is 2.30. The molecule has 0 aliphatic carbocycles. The van der Waals surface area contributed by atoms with Crippen molar-refractivity contribution in [3.05, 3.63) is 29.8 Å². The molecule has 1 nitrogen and oxygen atoms in total. The molecule has 0 amide bonds. The third kappa shape index (κ3) is 2.49. The normalized spacial score (nSPS) is 17.1. The van der Waals surface area contributed by atoms with E-state index in [0.717, 1.165) is 5.88 Å². The van der Waals surface area contributed by atoms with E-state index in [4.69, 9.17) is 0 Å². The van der Waals surface area contributed by atoms with E-state index in [9.17, 15) is 0 Å². The number of hydrogen-bond acceptors (Lipinski definition) is 2. The van der Waals surface area contributed by atoms with Gasteiger partial charge in [0.2, 0.25) is 0 Å². The summed E-state index contributed by atoms with van der Waals surface area (Å²) in [6.45, 7) is 5.77. The number of benzene rings is 1. The van der Waals surface area contributed by atoms with Gasteiger partial charge in [0, 0.05) is 12.2 Å². The molecule has 0 spiro atoms. The van der Waals surface area contributed by atoms with Crippen molar-refractivity contribution in [1.29, 1.82) is 0 Å². The molecular formula is C13H19NS. The minimum atomic E-state index is 0.619. The Hall–Kier alpha value is -0.630. The van der Waals surface area contributed by atoms with Crippen LogP contribution in [0.25, 0.3) is 0 Å². The van der Waals surface area contributed by atoms with Crippen LogP contribution in [0.2, 0.25) is 0 Å². The molecule has 2 rings (SSSR count). The van der Waals surface area contributed by atoms with Crippen molar-refractivity contribution >= 4 is 17.4 Å². The van der Waals surface area contributed by atoms with Crippen molar-refractivity contribution in [2.75, 3.05) is 23.1 Å². The van der Waals surface area contributed by atoms with Gasteiger partial charge in [-0.15, -0.1) is 11.8 Å². The van der Waals surface area contributed by atoms with Gasteiger partial charge >= 0.3 is 0 Å². The number of hydrogen-bond donors (Lipinski definition) is 0. The predicted octanol–water partition coefficient (Wildman–Crippen LogP) is 3.71. The summed E-state index contributed by atoms with van der Waals surface area (Å²) in [7, 11) is 0. The molecule has 1 fully saturated rings. The fraction of sp³-hybridized carbons (Fsp3) is 0.538. The van der Waals surface area contributed by atoms with Crippen LogP contribution >= 0.6 is 11.8 Å². The van der Waals surface area contributed by atoms with Gasteiger partial charge in [-0.1, -0.05) is 32.0 Å². The number of anilines is 1. The second kappa shape index (κ2) is 4.93. The van der Waals surface area contributed by atoms with Crippen molar-refractivity contribution in [1.82, 2.24) is 0 Å². The molecule has 0 bridgehead atoms. The Labute approximate surface area is 96.9 Å². The van der Waals surface area contributed by atoms with Crippen LogP contribution in [-0.2, 0) is 0 Å². The molecule has 0 N–H and O–H groups in total. The Balaban J connectivity index is 2.25. The lowest BCUT2D eigenvalue weighted by Gasteiger charge is -2.31. The minimum Gasteiger partial charge on any atom is -0.362 e. The molecule has 1 aromatic carbocycles. The third-order valence-electron chi connectivity index (χ3n) is 2.86. The maximum atomic E-state index is 2.52. The van der Waals surface area contributed by atoms with Crippen molar-refractivity contribution in [2.24, 2.45) is 0 Å². The van der Waals surface area contributed by atoms with E-state index in [1.54, 1.807) is 0 Å². The van der Waals surface area contributed by atoms with E-state index in [-0.39, 0.29) is 0 Å². The van der Waals surface area contributed by atoms with E-state index in [1.165, 1.54) is 30.0 Å². The van der Waals surface area contributed by atoms with Gasteiger partial charge in [0.15, 0.2) is 0 Å². The summed E-state index contributed by atoms with van der Waals surface area (Å²) in [4.78, 5) is 2.52. The highest BCUT2D eigenvalue weighted by Gasteiger charge is 2.15. The van der Waals surface area contributed by atoms with Crippen LogP contribution in [0.3, 0.4) is 0 Å². The predicted molar refractivity (Wildman–Crippen MR) is 69.8 cm³/mol. The zero-order chi connectivity index (χ0) is 10.7. The van der Waals surface area contributed by atoms with Gasteiger partial charge in [-0.2, -0.15) is 0 Å². The Morgan fingerprint density at radius 3 is 2.73 bits per heavy atom. The van der Waals surface area contributed by atoms with Gasteiger partial charge in [-0.05, 0) is 29.7 Å². The molecule has 1 aromatic rings. The van der Waals surface area contributed by atoms with E-state index in [0.29, 0.717) is 5.92 Å². The van der Waals surface area contributed by atoms with Crippen molar-refractivity contribution in [3.8, 4) is 0 Å². The molecule has 15 heavy (non-hydrogen) atoms. The standard InChI is InChI=1S/C13H19NS/c1-11(2)12-6-3-4-7-13(12)14-8-5-9-15-10-14/h3-4,6-7,11H,5,8-10H2,1-2H3. The monoisotopic (exact) mass is 221 g/mol. The molecule has 1 aliphatic heterocycles. The lowest BCUT2D eigenvalue weighted by molar-refractivity contribution is 0.797. The van der Waals surface area contributed by atoms with Gasteiger partial charge in [0.05, 0.1) is 5.88 Å². The second-order valence-corrected chi connectivity index (χ2v) is 5.44. The first-order chi connectivity index (χ1) is 7.29. The van der Waals surface area contributed by atoms with E-state index in [1.807, 2.05) is 11.8 Å². The number of nitrogens with zero attached hydrogens (tertiary/aromatic N) is 1. The summed E-state index contributed by atoms with van der Waals surface area (Å²) in [5, 5.41) is 0. The quantitative estimate of drug-likeness (QED) is 0.749. The van der Waals surface area contributed by atoms with Crippen LogP contribution in [0.5, 0.6) is 0 Å². The maximum absolute atomic E-state index is 2.52. The second-order valence-electron chi connectivity index (χ2n) is 4.37. The zero-order valence-electron chi connectivity index (χ0n) is 9.57. The highest BCUT2D eigenvalue weighted by Crippen LogP contribution is 2.30. The van der Waals surface area contributed by atoms with Crippen LogP contribution in [0.15, 0.2) is 24.3 Å². The Kier molecular flexibility index (Phi) is 3.57. The molecule has 2 heteroatoms. The van der Waals surface area contributed by atoms with E-state index >= 15 is 0 Å². The smallest absolute Gasteiger partial charge is 0.0639 e. The Morgan fingerprint density at radius 1 is 1.27 bits per heavy atom. The van der Waals surface area contributed by atoms with Gasteiger partial charge in [-0.25, -0.2) is 0 Å². The molecule has 1 heterocycles. The summed E-state index contributed by atoms with van der Waals surface area (Å²) in [5.41, 5.74) is 2.93. The highest BCUT2D eigenvalue weighted by molar-refractivity contribution is 7.99. The van der Waals surface area contributed by atoms with Gasteiger partial charge < -0.3 is 4.90 Å². The summed E-state index contributed by atoms with van der Waals surface area (Å²) < 4.78 is 0. The Bertz CT molecular complexity index is 316. The van der Waals surface area contributed by atoms with Crippen LogP contribution in [-0.4, -0.2) is 18.2 Å². The lowest BCUT2D eigenvalue weighted by Crippen LogP contribution is -2.29. The fourth-order valence-electron chi connectivity index (χ4n) is 2.05. The van der Waals surface area contributed by atoms with Crippen molar-refractivity contribution in [2.45, 2.75) is 26.2 Å². The molecule has 0 atom stereocenters. The summed E-state index contributed by atoms with van der Waals surface area (Å²) in [6, 6.07) is 8.83. The van der Waals surface area contributed by atoms with Crippen LogP contribution in [0.4, 0.5) is 5.69 Å². The first-order valence-electron chi connectivity index (χ1n) is 5.70. The van der Waals surface area contributed by atoms with Crippen LogP contribution < -0.4 is 4.90 Å². The number of rotatable bonds is 2. The van der Waals surface area contributed by atoms with Crippen molar-refractivity contribution < 1.29 is 0 Å². The summed E-state index contributed by atoms with van der Waals surface area (Å²) in [6.07, 6.45) is 1.32. The maximum Gasteiger partial charge on any atom is 0.0639 e. The SMILES string of the molecule is CC(C)c1ccccc1N1CCCSC1. The molecular weight excluding hydrogens is 202 g/mol.